The van der Waals surface area contributed by atoms with Crippen LogP contribution in [0.4, 0.5) is 5.69 Å². The zero-order valence-electron chi connectivity index (χ0n) is 12.9. The number of non-ortho nitro benzene ring substituents is 1. The molecule has 0 aliphatic carbocycles. The summed E-state index contributed by atoms with van der Waals surface area (Å²) in [6.45, 7) is 0.124. The lowest BCUT2D eigenvalue weighted by atomic mass is 10.3. The van der Waals surface area contributed by atoms with Crippen LogP contribution in [-0.4, -0.2) is 25.4 Å². The first-order valence-corrected chi connectivity index (χ1v) is 8.10. The monoisotopic (exact) mass is 371 g/mol. The van der Waals surface area contributed by atoms with Crippen LogP contribution < -0.4 is 4.74 Å². The number of benzene rings is 2. The molecule has 0 amide bonds. The molecule has 26 heavy (non-hydrogen) atoms. The van der Waals surface area contributed by atoms with E-state index < -0.39 is 4.92 Å². The van der Waals surface area contributed by atoms with E-state index in [-0.39, 0.29) is 28.6 Å². The molecule has 2 heterocycles. The maximum absolute atomic E-state index is 11.0. The molecule has 0 N–H and O–H groups in total. The van der Waals surface area contributed by atoms with E-state index in [9.17, 15) is 10.1 Å². The number of ether oxygens (including phenoxy) is 1. The molecular weight excluding hydrogens is 362 g/mol. The highest BCUT2D eigenvalue weighted by molar-refractivity contribution is 7.99. The lowest BCUT2D eigenvalue weighted by Gasteiger charge is -2.01. The molecule has 0 atom stereocenters. The summed E-state index contributed by atoms with van der Waals surface area (Å²) in [7, 11) is 0. The highest BCUT2D eigenvalue weighted by atomic mass is 32.2. The van der Waals surface area contributed by atoms with Crippen molar-refractivity contribution in [2.45, 2.75) is 16.7 Å². The van der Waals surface area contributed by atoms with Gasteiger partial charge in [-0.05, 0) is 40.3 Å². The molecule has 130 valence electrons. The van der Waals surface area contributed by atoms with Crippen molar-refractivity contribution >= 4 is 28.5 Å². The topological polar surface area (TPSA) is 130 Å². The standard InChI is InChI=1S/C15H9N5O5S/c21-20(22)10-6-7-11(14-13(10)18-25-19-14)26-15-17-16-12(24-15)8-23-9-4-2-1-3-5-9/h1-7H,8H2. The molecule has 10 nitrogen and oxygen atoms in total. The molecule has 11 heteroatoms. The summed E-state index contributed by atoms with van der Waals surface area (Å²) < 4.78 is 15.7. The van der Waals surface area contributed by atoms with Crippen molar-refractivity contribution in [3.63, 3.8) is 0 Å². The summed E-state index contributed by atoms with van der Waals surface area (Å²) >= 11 is 1.10. The average Bonchev–Trinajstić information content (AvgIpc) is 3.30. The lowest BCUT2D eigenvalue weighted by Crippen LogP contribution is -1.95. The molecule has 2 aromatic heterocycles. The Hall–Kier alpha value is -3.47. The third-order valence-electron chi connectivity index (χ3n) is 3.30. The first kappa shape index (κ1) is 16.0. The van der Waals surface area contributed by atoms with Crippen LogP contribution in [0.1, 0.15) is 5.89 Å². The molecule has 0 aliphatic heterocycles. The molecule has 0 saturated heterocycles. The molecule has 2 aromatic carbocycles. The Labute approximate surface area is 149 Å². The Bertz CT molecular complexity index is 1060. The molecule has 4 rings (SSSR count). The van der Waals surface area contributed by atoms with Gasteiger partial charge in [-0.1, -0.05) is 18.2 Å². The van der Waals surface area contributed by atoms with E-state index in [2.05, 4.69) is 25.1 Å². The van der Waals surface area contributed by atoms with Crippen LogP contribution in [0.5, 0.6) is 5.75 Å². The van der Waals surface area contributed by atoms with Gasteiger partial charge in [0, 0.05) is 11.0 Å². The van der Waals surface area contributed by atoms with E-state index in [1.807, 2.05) is 30.3 Å². The second-order valence-corrected chi connectivity index (χ2v) is 5.96. The van der Waals surface area contributed by atoms with Gasteiger partial charge in [-0.2, -0.15) is 0 Å². The third kappa shape index (κ3) is 3.19. The number of aromatic nitrogens is 4. The SMILES string of the molecule is O=[N+]([O-])c1ccc(Sc2nnc(COc3ccccc3)o2)c2nonc12. The minimum atomic E-state index is -0.549. The maximum Gasteiger partial charge on any atom is 0.300 e. The van der Waals surface area contributed by atoms with Crippen molar-refractivity contribution in [1.82, 2.24) is 20.5 Å². The Morgan fingerprint density at radius 2 is 1.88 bits per heavy atom. The van der Waals surface area contributed by atoms with Gasteiger partial charge in [-0.15, -0.1) is 10.2 Å². The first-order valence-electron chi connectivity index (χ1n) is 7.28. The quantitative estimate of drug-likeness (QED) is 0.367. The molecule has 0 unspecified atom stereocenters. The zero-order valence-corrected chi connectivity index (χ0v) is 13.8. The predicted molar refractivity (Wildman–Crippen MR) is 87.7 cm³/mol. The van der Waals surface area contributed by atoms with Crippen LogP contribution in [-0.2, 0) is 6.61 Å². The number of nitro groups is 1. The first-order chi connectivity index (χ1) is 12.7. The van der Waals surface area contributed by atoms with Crippen LogP contribution in [0.2, 0.25) is 0 Å². The number of fused-ring (bicyclic) bond motifs is 1. The number of hydrogen-bond acceptors (Lipinski definition) is 10. The number of rotatable bonds is 6. The Balaban J connectivity index is 1.51. The van der Waals surface area contributed by atoms with Crippen LogP contribution in [0.15, 0.2) is 61.6 Å². The number of nitro benzene ring substituents is 1. The maximum atomic E-state index is 11.0. The molecule has 0 bridgehead atoms. The van der Waals surface area contributed by atoms with Gasteiger partial charge in [-0.3, -0.25) is 10.1 Å². The molecular formula is C15H9N5O5S. The van der Waals surface area contributed by atoms with Gasteiger partial charge in [0.2, 0.25) is 5.52 Å². The molecule has 0 saturated carbocycles. The highest BCUT2D eigenvalue weighted by Crippen LogP contribution is 2.35. The smallest absolute Gasteiger partial charge is 0.300 e. The van der Waals surface area contributed by atoms with Crippen molar-refractivity contribution in [3.8, 4) is 5.75 Å². The third-order valence-corrected chi connectivity index (χ3v) is 4.19. The van der Waals surface area contributed by atoms with Crippen molar-refractivity contribution in [3.05, 3.63) is 58.5 Å². The van der Waals surface area contributed by atoms with Crippen molar-refractivity contribution in [1.29, 1.82) is 0 Å². The fourth-order valence-electron chi connectivity index (χ4n) is 2.15. The van der Waals surface area contributed by atoms with Crippen LogP contribution in [0, 0.1) is 10.1 Å². The minimum absolute atomic E-state index is 0.0622. The van der Waals surface area contributed by atoms with E-state index in [0.29, 0.717) is 16.5 Å². The number of para-hydroxylation sites is 1. The Morgan fingerprint density at radius 3 is 2.69 bits per heavy atom. The largest absolute Gasteiger partial charge is 0.484 e. The molecule has 0 fully saturated rings. The Morgan fingerprint density at radius 1 is 1.08 bits per heavy atom. The molecule has 4 aromatic rings. The fraction of sp³-hybridized carbons (Fsp3) is 0.0667. The highest BCUT2D eigenvalue weighted by Gasteiger charge is 2.21. The molecule has 0 aliphatic rings. The number of hydrogen-bond donors (Lipinski definition) is 0. The van der Waals surface area contributed by atoms with Gasteiger partial charge in [0.25, 0.3) is 11.1 Å². The zero-order chi connectivity index (χ0) is 17.9. The van der Waals surface area contributed by atoms with Crippen molar-refractivity contribution in [2.24, 2.45) is 0 Å². The molecule has 0 radical (unpaired) electrons. The van der Waals surface area contributed by atoms with Gasteiger partial charge in [0.15, 0.2) is 12.1 Å². The second kappa shape index (κ2) is 6.80. The van der Waals surface area contributed by atoms with Gasteiger partial charge in [-0.25, -0.2) is 4.63 Å². The Kier molecular flexibility index (Phi) is 4.19. The summed E-state index contributed by atoms with van der Waals surface area (Å²) in [4.78, 5) is 11.0. The summed E-state index contributed by atoms with van der Waals surface area (Å²) in [5.41, 5.74) is 0.129. The second-order valence-electron chi connectivity index (χ2n) is 4.97. The average molecular weight is 371 g/mol. The number of nitrogens with zero attached hydrogens (tertiary/aromatic N) is 5. The molecule has 0 spiro atoms. The summed E-state index contributed by atoms with van der Waals surface area (Å²) in [5, 5.41) is 26.4. The van der Waals surface area contributed by atoms with Crippen molar-refractivity contribution < 1.29 is 18.7 Å². The predicted octanol–water partition coefficient (Wildman–Crippen LogP) is 3.24. The normalized spacial score (nSPS) is 10.9. The summed E-state index contributed by atoms with van der Waals surface area (Å²) in [5.74, 6) is 0.985. The summed E-state index contributed by atoms with van der Waals surface area (Å²) in [6.07, 6.45) is 0. The van der Waals surface area contributed by atoms with E-state index in [0.717, 1.165) is 11.8 Å². The van der Waals surface area contributed by atoms with E-state index in [4.69, 9.17) is 9.15 Å². The van der Waals surface area contributed by atoms with Gasteiger partial charge in [0.1, 0.15) is 5.75 Å². The van der Waals surface area contributed by atoms with Crippen LogP contribution in [0.25, 0.3) is 11.0 Å². The van der Waals surface area contributed by atoms with Crippen LogP contribution >= 0.6 is 11.8 Å². The van der Waals surface area contributed by atoms with E-state index >= 15 is 0 Å². The van der Waals surface area contributed by atoms with E-state index in [1.165, 1.54) is 12.1 Å². The van der Waals surface area contributed by atoms with Gasteiger partial charge in [0.05, 0.1) is 4.92 Å². The van der Waals surface area contributed by atoms with Gasteiger partial charge >= 0.3 is 5.69 Å². The van der Waals surface area contributed by atoms with E-state index in [1.54, 1.807) is 0 Å². The minimum Gasteiger partial charge on any atom is -0.484 e. The lowest BCUT2D eigenvalue weighted by molar-refractivity contribution is -0.383. The van der Waals surface area contributed by atoms with Crippen molar-refractivity contribution in [2.75, 3.05) is 0 Å². The summed E-state index contributed by atoms with van der Waals surface area (Å²) in [6, 6.07) is 12.1. The fourth-order valence-corrected chi connectivity index (χ4v) is 2.93. The van der Waals surface area contributed by atoms with Gasteiger partial charge < -0.3 is 9.15 Å². The van der Waals surface area contributed by atoms with Crippen LogP contribution in [0.3, 0.4) is 0 Å².